The number of H-pyrrole nitrogens is 1. The van der Waals surface area contributed by atoms with Crippen LogP contribution in [0, 0.1) is 6.92 Å². The van der Waals surface area contributed by atoms with Crippen molar-refractivity contribution in [2.75, 3.05) is 5.32 Å². The number of anilines is 1. The first-order valence-corrected chi connectivity index (χ1v) is 11.3. The van der Waals surface area contributed by atoms with E-state index in [0.717, 1.165) is 30.5 Å². The van der Waals surface area contributed by atoms with Crippen LogP contribution in [0.15, 0.2) is 24.4 Å². The number of aliphatic hydroxyl groups is 1. The largest absolute Gasteiger partial charge is 0.465 e. The smallest absolute Gasteiger partial charge is 0.407 e. The van der Waals surface area contributed by atoms with Crippen molar-refractivity contribution in [2.24, 2.45) is 0 Å². The number of aromatic nitrogens is 3. The minimum absolute atomic E-state index is 0.0216. The third-order valence-corrected chi connectivity index (χ3v) is 6.70. The van der Waals surface area contributed by atoms with E-state index in [1.165, 1.54) is 0 Å². The Morgan fingerprint density at radius 2 is 1.91 bits per heavy atom. The summed E-state index contributed by atoms with van der Waals surface area (Å²) in [5.41, 5.74) is 2.66. The summed E-state index contributed by atoms with van der Waals surface area (Å²) < 4.78 is 0. The third kappa shape index (κ3) is 5.27. The van der Waals surface area contributed by atoms with Crippen molar-refractivity contribution in [3.8, 4) is 0 Å². The number of aryl methyl sites for hydroxylation is 1. The van der Waals surface area contributed by atoms with Crippen LogP contribution in [0.3, 0.4) is 0 Å². The van der Waals surface area contributed by atoms with E-state index in [-0.39, 0.29) is 36.4 Å². The maximum atomic E-state index is 12.3. The molecule has 2 amide bonds. The Kier molecular flexibility index (Phi) is 6.74. The zero-order valence-electron chi connectivity index (χ0n) is 18.3. The molecular formula is C23H31N5O4. The summed E-state index contributed by atoms with van der Waals surface area (Å²) in [5.74, 6) is 0.463. The molecule has 4 rings (SSSR count). The average molecular weight is 442 g/mol. The zero-order chi connectivity index (χ0) is 22.7. The molecule has 2 heterocycles. The maximum Gasteiger partial charge on any atom is 0.407 e. The number of aliphatic hydroxyl groups excluding tert-OH is 1. The van der Waals surface area contributed by atoms with Crippen molar-refractivity contribution in [2.45, 2.75) is 82.4 Å². The predicted octanol–water partition coefficient (Wildman–Crippen LogP) is 3.21. The van der Waals surface area contributed by atoms with Crippen LogP contribution in [0.4, 0.5) is 10.6 Å². The molecular weight excluding hydrogens is 410 g/mol. The molecule has 32 heavy (non-hydrogen) atoms. The van der Waals surface area contributed by atoms with Gasteiger partial charge in [-0.05, 0) is 63.5 Å². The highest BCUT2D eigenvalue weighted by Crippen LogP contribution is 2.39. The van der Waals surface area contributed by atoms with E-state index in [0.29, 0.717) is 37.2 Å². The average Bonchev–Trinajstić information content (AvgIpc) is 3.41. The number of pyridine rings is 1. The normalized spacial score (nSPS) is 25.4. The number of hydrogen-bond acceptors (Lipinski definition) is 5. The summed E-state index contributed by atoms with van der Waals surface area (Å²) in [6, 6.07) is 5.55. The van der Waals surface area contributed by atoms with Crippen LogP contribution in [-0.4, -0.2) is 60.5 Å². The summed E-state index contributed by atoms with van der Waals surface area (Å²) in [6.45, 7) is 1.95. The van der Waals surface area contributed by atoms with Crippen LogP contribution in [0.1, 0.15) is 67.8 Å². The molecule has 0 radical (unpaired) electrons. The summed E-state index contributed by atoms with van der Waals surface area (Å²) in [5, 5.41) is 29.6. The van der Waals surface area contributed by atoms with Crippen molar-refractivity contribution in [1.29, 1.82) is 0 Å². The molecule has 2 aliphatic carbocycles. The summed E-state index contributed by atoms with van der Waals surface area (Å²) in [6.07, 6.45) is 5.88. The second kappa shape index (κ2) is 9.68. The zero-order valence-corrected chi connectivity index (χ0v) is 18.3. The molecule has 2 saturated carbocycles. The van der Waals surface area contributed by atoms with E-state index >= 15 is 0 Å². The highest BCUT2D eigenvalue weighted by Gasteiger charge is 2.38. The van der Waals surface area contributed by atoms with Gasteiger partial charge in [0.2, 0.25) is 5.91 Å². The van der Waals surface area contributed by atoms with Gasteiger partial charge in [-0.25, -0.2) is 4.79 Å². The predicted molar refractivity (Wildman–Crippen MR) is 118 cm³/mol. The molecule has 0 aromatic carbocycles. The minimum Gasteiger partial charge on any atom is -0.465 e. The number of rotatable bonds is 6. The van der Waals surface area contributed by atoms with Crippen LogP contribution >= 0.6 is 0 Å². The van der Waals surface area contributed by atoms with Gasteiger partial charge in [0.05, 0.1) is 12.5 Å². The molecule has 9 nitrogen and oxygen atoms in total. The van der Waals surface area contributed by atoms with Gasteiger partial charge >= 0.3 is 6.09 Å². The van der Waals surface area contributed by atoms with Crippen molar-refractivity contribution in [3.05, 3.63) is 41.3 Å². The van der Waals surface area contributed by atoms with E-state index in [1.54, 1.807) is 11.1 Å². The van der Waals surface area contributed by atoms with Gasteiger partial charge in [-0.1, -0.05) is 6.07 Å². The van der Waals surface area contributed by atoms with Crippen LogP contribution in [-0.2, 0) is 11.2 Å². The monoisotopic (exact) mass is 441 g/mol. The maximum absolute atomic E-state index is 12.3. The van der Waals surface area contributed by atoms with Crippen molar-refractivity contribution in [1.82, 2.24) is 20.1 Å². The molecule has 9 heteroatoms. The summed E-state index contributed by atoms with van der Waals surface area (Å²) in [4.78, 5) is 30.2. The number of amides is 2. The topological polar surface area (TPSA) is 131 Å². The first-order chi connectivity index (χ1) is 15.4. The first kappa shape index (κ1) is 22.3. The van der Waals surface area contributed by atoms with Crippen LogP contribution in [0.25, 0.3) is 0 Å². The van der Waals surface area contributed by atoms with Crippen LogP contribution < -0.4 is 5.32 Å². The molecule has 2 aromatic heterocycles. The molecule has 0 bridgehead atoms. The molecule has 2 atom stereocenters. The molecule has 2 aromatic rings. The molecule has 2 aliphatic rings. The molecule has 0 unspecified atom stereocenters. The van der Waals surface area contributed by atoms with Crippen molar-refractivity contribution in [3.63, 3.8) is 0 Å². The molecule has 2 fully saturated rings. The standard InChI is InChI=1S/C23H31N5O4/c1-14-2-4-16(24-13-14)11-22(30)25-21-12-20(26-27-21)15-3-5-18(10-15)28(23(31)32)17-6-8-19(29)9-7-17/h2,4,12-13,15,17-19,29H,3,5-11H2,1H3,(H,31,32)(H2,25,26,27,30)/t15-,17-,18+,19-/m1/s1. The minimum atomic E-state index is -0.876. The Balaban J connectivity index is 1.33. The van der Waals surface area contributed by atoms with Gasteiger partial charge in [0.1, 0.15) is 0 Å². The molecule has 0 saturated heterocycles. The van der Waals surface area contributed by atoms with Crippen LogP contribution in [0.5, 0.6) is 0 Å². The Bertz CT molecular complexity index is 936. The summed E-state index contributed by atoms with van der Waals surface area (Å²) in [7, 11) is 0. The number of nitrogens with zero attached hydrogens (tertiary/aromatic N) is 3. The quantitative estimate of drug-likeness (QED) is 0.544. The van der Waals surface area contributed by atoms with Gasteiger partial charge in [0, 0.05) is 41.7 Å². The molecule has 172 valence electrons. The van der Waals surface area contributed by atoms with E-state index in [2.05, 4.69) is 20.5 Å². The molecule has 0 aliphatic heterocycles. The molecule has 0 spiro atoms. The lowest BCUT2D eigenvalue weighted by Crippen LogP contribution is -2.47. The van der Waals surface area contributed by atoms with E-state index in [4.69, 9.17) is 0 Å². The lowest BCUT2D eigenvalue weighted by molar-refractivity contribution is -0.115. The Morgan fingerprint density at radius 1 is 1.16 bits per heavy atom. The van der Waals surface area contributed by atoms with E-state index in [9.17, 15) is 19.8 Å². The second-order valence-electron chi connectivity index (χ2n) is 9.08. The van der Waals surface area contributed by atoms with Crippen molar-refractivity contribution < 1.29 is 19.8 Å². The van der Waals surface area contributed by atoms with Gasteiger partial charge in [0.25, 0.3) is 0 Å². The fraction of sp³-hybridized carbons (Fsp3) is 0.565. The highest BCUT2D eigenvalue weighted by molar-refractivity contribution is 5.91. The fourth-order valence-electron chi connectivity index (χ4n) is 5.00. The lowest BCUT2D eigenvalue weighted by atomic mass is 9.91. The number of nitrogens with one attached hydrogen (secondary N) is 2. The van der Waals surface area contributed by atoms with Crippen molar-refractivity contribution >= 4 is 17.8 Å². The second-order valence-corrected chi connectivity index (χ2v) is 9.08. The van der Waals surface area contributed by atoms with Gasteiger partial charge in [-0.2, -0.15) is 5.10 Å². The van der Waals surface area contributed by atoms with Crippen LogP contribution in [0.2, 0.25) is 0 Å². The third-order valence-electron chi connectivity index (χ3n) is 6.70. The van der Waals surface area contributed by atoms with Gasteiger partial charge in [0.15, 0.2) is 5.82 Å². The number of hydrogen-bond donors (Lipinski definition) is 4. The first-order valence-electron chi connectivity index (χ1n) is 11.3. The number of carboxylic acid groups (broad SMARTS) is 1. The number of carbonyl (C=O) groups is 2. The Morgan fingerprint density at radius 3 is 2.59 bits per heavy atom. The number of carbonyl (C=O) groups excluding carboxylic acids is 1. The SMILES string of the molecule is Cc1ccc(CC(=O)Nc2cc([C@@H]3CC[C@H](N(C(=O)O)[C@H]4CC[C@H](O)CC4)C3)[nH]n2)nc1. The van der Waals surface area contributed by atoms with E-state index in [1.807, 2.05) is 25.1 Å². The van der Waals surface area contributed by atoms with Gasteiger partial charge in [-0.15, -0.1) is 0 Å². The molecule has 4 N–H and O–H groups in total. The Hall–Kier alpha value is -2.94. The highest BCUT2D eigenvalue weighted by atomic mass is 16.4. The number of aromatic amines is 1. The summed E-state index contributed by atoms with van der Waals surface area (Å²) >= 11 is 0. The van der Waals surface area contributed by atoms with Gasteiger partial charge in [-0.3, -0.25) is 14.9 Å². The Labute approximate surface area is 187 Å². The lowest BCUT2D eigenvalue weighted by Gasteiger charge is -2.37. The fourth-order valence-corrected chi connectivity index (χ4v) is 5.00. The van der Waals surface area contributed by atoms with E-state index < -0.39 is 6.09 Å². The van der Waals surface area contributed by atoms with Gasteiger partial charge < -0.3 is 20.4 Å².